The first-order valence-corrected chi connectivity index (χ1v) is 12.4. The fourth-order valence-electron chi connectivity index (χ4n) is 4.08. The molecule has 2 aromatic carbocycles. The SMILES string of the molecule is CCn1c(=O)c(=O)[nH]c2cc(C(=O)Nc3cc(S(=O)(=O)N4CCCCC4)ccc3C)ccc21. The summed E-state index contributed by atoms with van der Waals surface area (Å²) >= 11 is 0. The normalized spacial score (nSPS) is 15.0. The minimum absolute atomic E-state index is 0.139. The predicted molar refractivity (Wildman–Crippen MR) is 126 cm³/mol. The van der Waals surface area contributed by atoms with Crippen molar-refractivity contribution >= 4 is 32.7 Å². The molecule has 2 N–H and O–H groups in total. The van der Waals surface area contributed by atoms with Gasteiger partial charge in [-0.3, -0.25) is 14.4 Å². The van der Waals surface area contributed by atoms with Gasteiger partial charge in [0.05, 0.1) is 15.9 Å². The van der Waals surface area contributed by atoms with Crippen LogP contribution < -0.4 is 16.4 Å². The molecule has 1 saturated heterocycles. The van der Waals surface area contributed by atoms with Crippen molar-refractivity contribution in [2.24, 2.45) is 0 Å². The molecule has 174 valence electrons. The number of piperidine rings is 1. The molecule has 0 aliphatic carbocycles. The van der Waals surface area contributed by atoms with E-state index in [1.807, 2.05) is 0 Å². The highest BCUT2D eigenvalue weighted by atomic mass is 32.2. The largest absolute Gasteiger partial charge is 0.322 e. The molecule has 0 radical (unpaired) electrons. The molecule has 4 rings (SSSR count). The maximum atomic E-state index is 13.0. The number of fused-ring (bicyclic) bond motifs is 1. The number of hydrogen-bond acceptors (Lipinski definition) is 5. The van der Waals surface area contributed by atoms with Crippen LogP contribution in [0.3, 0.4) is 0 Å². The van der Waals surface area contributed by atoms with Crippen LogP contribution in [0.15, 0.2) is 50.9 Å². The summed E-state index contributed by atoms with van der Waals surface area (Å²) in [7, 11) is -3.64. The molecule has 33 heavy (non-hydrogen) atoms. The van der Waals surface area contributed by atoms with Crippen molar-refractivity contribution in [2.75, 3.05) is 18.4 Å². The second-order valence-electron chi connectivity index (χ2n) is 8.13. The molecular weight excluding hydrogens is 444 g/mol. The van der Waals surface area contributed by atoms with Crippen LogP contribution in [0, 0.1) is 6.92 Å². The summed E-state index contributed by atoms with van der Waals surface area (Å²) in [5, 5.41) is 2.78. The third-order valence-corrected chi connectivity index (χ3v) is 7.86. The lowest BCUT2D eigenvalue weighted by atomic mass is 10.1. The van der Waals surface area contributed by atoms with Crippen LogP contribution >= 0.6 is 0 Å². The first kappa shape index (κ1) is 22.9. The fraction of sp³-hybridized carbons (Fsp3) is 0.348. The van der Waals surface area contributed by atoms with Crippen molar-refractivity contribution in [3.63, 3.8) is 0 Å². The minimum atomic E-state index is -3.64. The zero-order valence-electron chi connectivity index (χ0n) is 18.6. The molecule has 0 atom stereocenters. The van der Waals surface area contributed by atoms with E-state index in [0.717, 1.165) is 24.8 Å². The standard InChI is InChI=1S/C23H26N4O5S/c1-3-27-20-10-8-16(13-19(20)25-22(29)23(27)30)21(28)24-18-14-17(9-7-15(18)2)33(31,32)26-11-5-4-6-12-26/h7-10,13-14H,3-6,11-12H2,1-2H3,(H,24,28)(H,25,29). The number of nitrogens with one attached hydrogen (secondary N) is 2. The first-order chi connectivity index (χ1) is 15.7. The number of sulfonamides is 1. The van der Waals surface area contributed by atoms with Crippen molar-refractivity contribution < 1.29 is 13.2 Å². The Hall–Kier alpha value is -3.24. The molecule has 0 saturated carbocycles. The van der Waals surface area contributed by atoms with Gasteiger partial charge in [-0.15, -0.1) is 0 Å². The Morgan fingerprint density at radius 1 is 1.06 bits per heavy atom. The number of nitrogens with zero attached hydrogens (tertiary/aromatic N) is 2. The maximum absolute atomic E-state index is 13.0. The highest BCUT2D eigenvalue weighted by Gasteiger charge is 2.26. The number of carbonyl (C=O) groups excluding carboxylic acids is 1. The van der Waals surface area contributed by atoms with Gasteiger partial charge in [0.2, 0.25) is 10.0 Å². The Morgan fingerprint density at radius 2 is 1.79 bits per heavy atom. The fourth-order valence-corrected chi connectivity index (χ4v) is 5.62. The van der Waals surface area contributed by atoms with E-state index in [1.165, 1.54) is 21.0 Å². The number of aromatic amines is 1. The monoisotopic (exact) mass is 470 g/mol. The van der Waals surface area contributed by atoms with Gasteiger partial charge in [-0.2, -0.15) is 4.31 Å². The van der Waals surface area contributed by atoms with Crippen LogP contribution in [-0.2, 0) is 16.6 Å². The van der Waals surface area contributed by atoms with Gasteiger partial charge < -0.3 is 14.9 Å². The lowest BCUT2D eigenvalue weighted by Gasteiger charge is -2.26. The topological polar surface area (TPSA) is 121 Å². The Kier molecular flexibility index (Phi) is 6.22. The van der Waals surface area contributed by atoms with Gasteiger partial charge in [0.1, 0.15) is 0 Å². The third kappa shape index (κ3) is 4.36. The number of benzene rings is 2. The Balaban J connectivity index is 1.65. The molecule has 1 amide bonds. The molecule has 2 heterocycles. The van der Waals surface area contributed by atoms with Crippen LogP contribution in [0.5, 0.6) is 0 Å². The van der Waals surface area contributed by atoms with E-state index in [1.54, 1.807) is 38.1 Å². The summed E-state index contributed by atoms with van der Waals surface area (Å²) in [5.74, 6) is -0.456. The number of carbonyl (C=O) groups is 1. The van der Waals surface area contributed by atoms with Crippen molar-refractivity contribution in [1.29, 1.82) is 0 Å². The molecular formula is C23H26N4O5S. The van der Waals surface area contributed by atoms with E-state index in [2.05, 4.69) is 10.3 Å². The Bertz CT molecular complexity index is 1450. The molecule has 1 aromatic heterocycles. The number of hydrogen-bond donors (Lipinski definition) is 2. The van der Waals surface area contributed by atoms with Crippen molar-refractivity contribution in [3.8, 4) is 0 Å². The summed E-state index contributed by atoms with van der Waals surface area (Å²) in [4.78, 5) is 39.6. The van der Waals surface area contributed by atoms with Gasteiger partial charge in [-0.05, 0) is 62.6 Å². The third-order valence-electron chi connectivity index (χ3n) is 5.96. The highest BCUT2D eigenvalue weighted by Crippen LogP contribution is 2.26. The molecule has 0 spiro atoms. The predicted octanol–water partition coefficient (Wildman–Crippen LogP) is 2.45. The van der Waals surface area contributed by atoms with E-state index >= 15 is 0 Å². The molecule has 0 bridgehead atoms. The maximum Gasteiger partial charge on any atom is 0.316 e. The number of H-pyrrole nitrogens is 1. The number of amides is 1. The van der Waals surface area contributed by atoms with Gasteiger partial charge in [0.15, 0.2) is 0 Å². The summed E-state index contributed by atoms with van der Waals surface area (Å²) < 4.78 is 28.9. The zero-order valence-corrected chi connectivity index (χ0v) is 19.4. The lowest BCUT2D eigenvalue weighted by molar-refractivity contribution is 0.102. The summed E-state index contributed by atoms with van der Waals surface area (Å²) in [6, 6.07) is 9.38. The van der Waals surface area contributed by atoms with E-state index < -0.39 is 27.0 Å². The Morgan fingerprint density at radius 3 is 2.48 bits per heavy atom. The Labute approximate surface area is 191 Å². The van der Waals surface area contributed by atoms with Gasteiger partial charge in [0, 0.05) is 30.9 Å². The van der Waals surface area contributed by atoms with Crippen LogP contribution in [0.4, 0.5) is 5.69 Å². The molecule has 9 nitrogen and oxygen atoms in total. The summed E-state index contributed by atoms with van der Waals surface area (Å²) in [5.41, 5.74) is 0.859. The van der Waals surface area contributed by atoms with Crippen LogP contribution in [0.1, 0.15) is 42.1 Å². The summed E-state index contributed by atoms with van der Waals surface area (Å²) in [6.45, 7) is 4.85. The van der Waals surface area contributed by atoms with E-state index in [4.69, 9.17) is 0 Å². The number of rotatable bonds is 5. The van der Waals surface area contributed by atoms with Gasteiger partial charge in [-0.25, -0.2) is 8.42 Å². The van der Waals surface area contributed by atoms with Gasteiger partial charge in [0.25, 0.3) is 5.91 Å². The number of anilines is 1. The van der Waals surface area contributed by atoms with E-state index in [-0.39, 0.29) is 10.5 Å². The molecule has 1 aliphatic heterocycles. The van der Waals surface area contributed by atoms with Crippen LogP contribution in [-0.4, -0.2) is 41.3 Å². The van der Waals surface area contributed by atoms with Gasteiger partial charge >= 0.3 is 11.1 Å². The van der Waals surface area contributed by atoms with Gasteiger partial charge in [-0.1, -0.05) is 12.5 Å². The van der Waals surface area contributed by atoms with E-state index in [0.29, 0.717) is 36.4 Å². The first-order valence-electron chi connectivity index (χ1n) is 10.9. The molecule has 3 aromatic rings. The van der Waals surface area contributed by atoms with Crippen molar-refractivity contribution in [2.45, 2.75) is 44.6 Å². The van der Waals surface area contributed by atoms with Crippen LogP contribution in [0.2, 0.25) is 0 Å². The smallest absolute Gasteiger partial charge is 0.316 e. The molecule has 1 aliphatic rings. The van der Waals surface area contributed by atoms with E-state index in [9.17, 15) is 22.8 Å². The minimum Gasteiger partial charge on any atom is -0.322 e. The second-order valence-corrected chi connectivity index (χ2v) is 10.1. The lowest BCUT2D eigenvalue weighted by Crippen LogP contribution is -2.36. The second kappa shape index (κ2) is 8.95. The highest BCUT2D eigenvalue weighted by molar-refractivity contribution is 7.89. The molecule has 0 unspecified atom stereocenters. The average molecular weight is 471 g/mol. The van der Waals surface area contributed by atoms with Crippen LogP contribution in [0.25, 0.3) is 11.0 Å². The number of aryl methyl sites for hydroxylation is 2. The average Bonchev–Trinajstić information content (AvgIpc) is 2.81. The zero-order chi connectivity index (χ0) is 23.8. The molecule has 1 fully saturated rings. The quantitative estimate of drug-likeness (QED) is 0.555. The number of aromatic nitrogens is 2. The van der Waals surface area contributed by atoms with Crippen molar-refractivity contribution in [3.05, 3.63) is 68.2 Å². The van der Waals surface area contributed by atoms with Crippen molar-refractivity contribution in [1.82, 2.24) is 13.9 Å². The molecule has 10 heteroatoms. The summed E-state index contributed by atoms with van der Waals surface area (Å²) in [6.07, 6.45) is 2.70.